The fourth-order valence-corrected chi connectivity index (χ4v) is 2.62. The highest BCUT2D eigenvalue weighted by atomic mass is 16.5. The van der Waals surface area contributed by atoms with E-state index in [1.807, 2.05) is 12.1 Å². The van der Waals surface area contributed by atoms with Crippen LogP contribution in [-0.2, 0) is 16.0 Å². The maximum Gasteiger partial charge on any atom is 0.225 e. The van der Waals surface area contributed by atoms with Crippen molar-refractivity contribution in [3.05, 3.63) is 29.8 Å². The van der Waals surface area contributed by atoms with Gasteiger partial charge in [0.15, 0.2) is 0 Å². The van der Waals surface area contributed by atoms with Crippen LogP contribution in [-0.4, -0.2) is 32.2 Å². The normalized spacial score (nSPS) is 23.7. The summed E-state index contributed by atoms with van der Waals surface area (Å²) < 4.78 is 5.20. The second-order valence-corrected chi connectivity index (χ2v) is 5.96. The molecular weight excluding hydrogens is 240 g/mol. The number of benzene rings is 1. The summed E-state index contributed by atoms with van der Waals surface area (Å²) in [5, 5.41) is 6.40. The first kappa shape index (κ1) is 12.5. The van der Waals surface area contributed by atoms with Crippen molar-refractivity contribution in [2.45, 2.75) is 13.3 Å². The van der Waals surface area contributed by atoms with Gasteiger partial charge in [-0.3, -0.25) is 4.79 Å². The zero-order valence-corrected chi connectivity index (χ0v) is 11.2. The first-order chi connectivity index (χ1) is 9.16. The van der Waals surface area contributed by atoms with E-state index in [1.54, 1.807) is 0 Å². The minimum absolute atomic E-state index is 0.0273. The van der Waals surface area contributed by atoms with Crippen molar-refractivity contribution in [3.63, 3.8) is 0 Å². The van der Waals surface area contributed by atoms with Crippen LogP contribution >= 0.6 is 0 Å². The van der Waals surface area contributed by atoms with E-state index < -0.39 is 0 Å². The van der Waals surface area contributed by atoms with Crippen LogP contribution < -0.4 is 10.6 Å². The molecule has 0 saturated carbocycles. The lowest BCUT2D eigenvalue weighted by atomic mass is 9.88. The topological polar surface area (TPSA) is 50.4 Å². The SMILES string of the molecule is CC1(CNC(=O)C2CNc3ccccc3C2)COC1. The number of hydrogen-bond acceptors (Lipinski definition) is 3. The summed E-state index contributed by atoms with van der Waals surface area (Å²) in [7, 11) is 0. The highest BCUT2D eigenvalue weighted by Crippen LogP contribution is 2.26. The number of amides is 1. The standard InChI is InChI=1S/C15H20N2O2/c1-15(9-19-10-15)8-17-14(18)12-6-11-4-2-3-5-13(11)16-7-12/h2-5,12,16H,6-10H2,1H3,(H,17,18). The number of nitrogens with one attached hydrogen (secondary N) is 2. The molecule has 1 atom stereocenters. The number of para-hydroxylation sites is 1. The highest BCUT2D eigenvalue weighted by molar-refractivity contribution is 5.80. The third kappa shape index (κ3) is 2.59. The maximum absolute atomic E-state index is 12.2. The van der Waals surface area contributed by atoms with Gasteiger partial charge in [0, 0.05) is 24.2 Å². The van der Waals surface area contributed by atoms with E-state index >= 15 is 0 Å². The van der Waals surface area contributed by atoms with E-state index in [0.29, 0.717) is 6.54 Å². The van der Waals surface area contributed by atoms with Crippen LogP contribution in [0.25, 0.3) is 0 Å². The quantitative estimate of drug-likeness (QED) is 0.864. The van der Waals surface area contributed by atoms with Gasteiger partial charge in [0.25, 0.3) is 0 Å². The molecule has 2 aliphatic rings. The van der Waals surface area contributed by atoms with Crippen molar-refractivity contribution in [1.82, 2.24) is 5.32 Å². The van der Waals surface area contributed by atoms with E-state index in [0.717, 1.165) is 31.9 Å². The number of carbonyl (C=O) groups is 1. The van der Waals surface area contributed by atoms with Gasteiger partial charge in [0.1, 0.15) is 0 Å². The van der Waals surface area contributed by atoms with E-state index in [2.05, 4.69) is 29.7 Å². The molecule has 0 aromatic heterocycles. The van der Waals surface area contributed by atoms with Crippen molar-refractivity contribution >= 4 is 11.6 Å². The molecular formula is C15H20N2O2. The predicted molar refractivity (Wildman–Crippen MR) is 74.1 cm³/mol. The molecule has 0 bridgehead atoms. The number of fused-ring (bicyclic) bond motifs is 1. The summed E-state index contributed by atoms with van der Waals surface area (Å²) in [5.41, 5.74) is 2.52. The van der Waals surface area contributed by atoms with Gasteiger partial charge in [0.05, 0.1) is 19.1 Å². The van der Waals surface area contributed by atoms with Crippen LogP contribution in [0.4, 0.5) is 5.69 Å². The number of anilines is 1. The van der Waals surface area contributed by atoms with Gasteiger partial charge in [-0.2, -0.15) is 0 Å². The Hall–Kier alpha value is -1.55. The lowest BCUT2D eigenvalue weighted by Crippen LogP contribution is -2.50. The molecule has 19 heavy (non-hydrogen) atoms. The van der Waals surface area contributed by atoms with Crippen LogP contribution in [0.2, 0.25) is 0 Å². The molecule has 0 spiro atoms. The van der Waals surface area contributed by atoms with E-state index in [1.165, 1.54) is 5.56 Å². The summed E-state index contributed by atoms with van der Waals surface area (Å²) in [4.78, 5) is 12.2. The molecule has 1 fully saturated rings. The Kier molecular flexibility index (Phi) is 3.19. The van der Waals surface area contributed by atoms with Gasteiger partial charge in [-0.1, -0.05) is 25.1 Å². The van der Waals surface area contributed by atoms with Crippen molar-refractivity contribution < 1.29 is 9.53 Å². The Morgan fingerprint density at radius 3 is 3.00 bits per heavy atom. The molecule has 2 N–H and O–H groups in total. The third-order valence-corrected chi connectivity index (χ3v) is 3.98. The summed E-state index contributed by atoms with van der Waals surface area (Å²) in [6, 6.07) is 8.19. The molecule has 0 radical (unpaired) electrons. The summed E-state index contributed by atoms with van der Waals surface area (Å²) in [5.74, 6) is 0.176. The maximum atomic E-state index is 12.2. The summed E-state index contributed by atoms with van der Waals surface area (Å²) >= 11 is 0. The molecule has 1 amide bonds. The van der Waals surface area contributed by atoms with Gasteiger partial charge in [0.2, 0.25) is 5.91 Å². The molecule has 4 heteroatoms. The van der Waals surface area contributed by atoms with Gasteiger partial charge in [-0.25, -0.2) is 0 Å². The molecule has 1 aromatic rings. The first-order valence-corrected chi connectivity index (χ1v) is 6.84. The molecule has 4 nitrogen and oxygen atoms in total. The average Bonchev–Trinajstić information content (AvgIpc) is 2.42. The zero-order valence-electron chi connectivity index (χ0n) is 11.2. The van der Waals surface area contributed by atoms with Crippen LogP contribution in [0.3, 0.4) is 0 Å². The Morgan fingerprint density at radius 2 is 2.26 bits per heavy atom. The molecule has 1 aromatic carbocycles. The second kappa shape index (κ2) is 4.85. The molecule has 2 aliphatic heterocycles. The largest absolute Gasteiger partial charge is 0.384 e. The number of rotatable bonds is 3. The van der Waals surface area contributed by atoms with E-state index in [9.17, 15) is 4.79 Å². The number of hydrogen-bond donors (Lipinski definition) is 2. The van der Waals surface area contributed by atoms with Crippen molar-refractivity contribution in [3.8, 4) is 0 Å². The van der Waals surface area contributed by atoms with Gasteiger partial charge < -0.3 is 15.4 Å². The molecule has 3 rings (SSSR count). The fraction of sp³-hybridized carbons (Fsp3) is 0.533. The molecule has 2 heterocycles. The fourth-order valence-electron chi connectivity index (χ4n) is 2.62. The highest BCUT2D eigenvalue weighted by Gasteiger charge is 2.34. The van der Waals surface area contributed by atoms with Crippen LogP contribution in [0.15, 0.2) is 24.3 Å². The van der Waals surface area contributed by atoms with Gasteiger partial charge in [-0.05, 0) is 18.1 Å². The Morgan fingerprint density at radius 1 is 1.47 bits per heavy atom. The molecule has 1 unspecified atom stereocenters. The second-order valence-electron chi connectivity index (χ2n) is 5.96. The Labute approximate surface area is 113 Å². The lowest BCUT2D eigenvalue weighted by molar-refractivity contribution is -0.130. The third-order valence-electron chi connectivity index (χ3n) is 3.98. The molecule has 1 saturated heterocycles. The van der Waals surface area contributed by atoms with Crippen molar-refractivity contribution in [1.29, 1.82) is 0 Å². The average molecular weight is 260 g/mol. The predicted octanol–water partition coefficient (Wildman–Crippen LogP) is 1.42. The molecule has 0 aliphatic carbocycles. The lowest BCUT2D eigenvalue weighted by Gasteiger charge is -2.38. The van der Waals surface area contributed by atoms with Gasteiger partial charge in [-0.15, -0.1) is 0 Å². The van der Waals surface area contributed by atoms with Crippen molar-refractivity contribution in [2.75, 3.05) is 31.6 Å². The monoisotopic (exact) mass is 260 g/mol. The van der Waals surface area contributed by atoms with Crippen LogP contribution in [0.1, 0.15) is 12.5 Å². The number of carbonyl (C=O) groups excluding carboxylic acids is 1. The van der Waals surface area contributed by atoms with Crippen molar-refractivity contribution in [2.24, 2.45) is 11.3 Å². The number of ether oxygens (including phenoxy) is 1. The molecule has 102 valence electrons. The zero-order chi connectivity index (χ0) is 13.3. The van der Waals surface area contributed by atoms with Crippen LogP contribution in [0, 0.1) is 11.3 Å². The summed E-state index contributed by atoms with van der Waals surface area (Å²) in [6.45, 7) is 5.07. The minimum atomic E-state index is 0.0273. The smallest absolute Gasteiger partial charge is 0.225 e. The Bertz CT molecular complexity index is 483. The van der Waals surface area contributed by atoms with Crippen LogP contribution in [0.5, 0.6) is 0 Å². The van der Waals surface area contributed by atoms with E-state index in [-0.39, 0.29) is 17.2 Å². The van der Waals surface area contributed by atoms with E-state index in [4.69, 9.17) is 4.74 Å². The summed E-state index contributed by atoms with van der Waals surface area (Å²) in [6.07, 6.45) is 0.822. The minimum Gasteiger partial charge on any atom is -0.384 e. The first-order valence-electron chi connectivity index (χ1n) is 6.84. The van der Waals surface area contributed by atoms with Gasteiger partial charge >= 0.3 is 0 Å². The Balaban J connectivity index is 1.57.